The molecule has 3 aromatic rings. The monoisotopic (exact) mass is 407 g/mol. The molecule has 29 heavy (non-hydrogen) atoms. The molecule has 150 valence electrons. The standard InChI is InChI=1S/C23H25N3O2S/c1-14(2)18-8-6-15-11-20(29-22(15)26-18)21(27)25-17-7-9-19(16(10-17)12-24)28-13-23(3,4)5/h6-11,14H,13H2,1-5H3,(H,25,27). The third kappa shape index (κ3) is 5.12. The molecule has 0 fully saturated rings. The summed E-state index contributed by atoms with van der Waals surface area (Å²) >= 11 is 1.37. The molecule has 1 amide bonds. The highest BCUT2D eigenvalue weighted by Gasteiger charge is 2.15. The van der Waals surface area contributed by atoms with Crippen molar-refractivity contribution in [3.8, 4) is 11.8 Å². The Morgan fingerprint density at radius 1 is 1.24 bits per heavy atom. The lowest BCUT2D eigenvalue weighted by Gasteiger charge is -2.19. The van der Waals surface area contributed by atoms with Crippen LogP contribution < -0.4 is 10.1 Å². The van der Waals surface area contributed by atoms with Gasteiger partial charge in [-0.15, -0.1) is 11.3 Å². The van der Waals surface area contributed by atoms with Gasteiger partial charge in [0.1, 0.15) is 16.6 Å². The molecule has 0 aliphatic heterocycles. The number of carbonyl (C=O) groups excluding carboxylic acids is 1. The molecule has 1 N–H and O–H groups in total. The molecule has 2 aromatic heterocycles. The van der Waals surface area contributed by atoms with E-state index < -0.39 is 0 Å². The zero-order chi connectivity index (χ0) is 21.2. The van der Waals surface area contributed by atoms with Gasteiger partial charge < -0.3 is 10.1 Å². The predicted molar refractivity (Wildman–Crippen MR) is 118 cm³/mol. The fraction of sp³-hybridized carbons (Fsp3) is 0.348. The van der Waals surface area contributed by atoms with Crippen LogP contribution in [-0.4, -0.2) is 17.5 Å². The number of hydrogen-bond acceptors (Lipinski definition) is 5. The summed E-state index contributed by atoms with van der Waals surface area (Å²) in [5.74, 6) is 0.640. The first-order valence-electron chi connectivity index (χ1n) is 9.55. The number of ether oxygens (including phenoxy) is 1. The SMILES string of the molecule is CC(C)c1ccc2cc(C(=O)Nc3ccc(OCC(C)(C)C)c(C#N)c3)sc2n1. The number of pyridine rings is 1. The van der Waals surface area contributed by atoms with Gasteiger partial charge in [0, 0.05) is 16.8 Å². The Bertz CT molecular complexity index is 1090. The van der Waals surface area contributed by atoms with Crippen LogP contribution in [0.2, 0.25) is 0 Å². The summed E-state index contributed by atoms with van der Waals surface area (Å²) < 4.78 is 5.77. The lowest BCUT2D eigenvalue weighted by atomic mass is 9.98. The molecule has 0 spiro atoms. The van der Waals surface area contributed by atoms with Crippen molar-refractivity contribution in [2.75, 3.05) is 11.9 Å². The molecule has 0 aliphatic carbocycles. The van der Waals surface area contributed by atoms with E-state index in [9.17, 15) is 10.1 Å². The molecule has 0 bridgehead atoms. The fourth-order valence-corrected chi connectivity index (χ4v) is 3.61. The maximum Gasteiger partial charge on any atom is 0.265 e. The highest BCUT2D eigenvalue weighted by Crippen LogP contribution is 2.28. The van der Waals surface area contributed by atoms with Crippen molar-refractivity contribution in [3.63, 3.8) is 0 Å². The summed E-state index contributed by atoms with van der Waals surface area (Å²) in [6.45, 7) is 10.9. The van der Waals surface area contributed by atoms with E-state index in [2.05, 4.69) is 51.0 Å². The second-order valence-electron chi connectivity index (χ2n) is 8.52. The van der Waals surface area contributed by atoms with Gasteiger partial charge in [0.2, 0.25) is 0 Å². The predicted octanol–water partition coefficient (Wildman–Crippen LogP) is 5.97. The summed E-state index contributed by atoms with van der Waals surface area (Å²) in [6.07, 6.45) is 0. The first-order chi connectivity index (χ1) is 13.7. The second-order valence-corrected chi connectivity index (χ2v) is 9.55. The first-order valence-corrected chi connectivity index (χ1v) is 10.4. The Morgan fingerprint density at radius 3 is 2.66 bits per heavy atom. The molecule has 0 radical (unpaired) electrons. The van der Waals surface area contributed by atoms with Gasteiger partial charge in [-0.1, -0.05) is 40.7 Å². The Balaban J connectivity index is 1.78. The van der Waals surface area contributed by atoms with E-state index in [4.69, 9.17) is 4.74 Å². The number of nitrogens with zero attached hydrogens (tertiary/aromatic N) is 2. The number of amides is 1. The van der Waals surface area contributed by atoms with E-state index in [0.717, 1.165) is 15.9 Å². The van der Waals surface area contributed by atoms with E-state index in [-0.39, 0.29) is 11.3 Å². The highest BCUT2D eigenvalue weighted by molar-refractivity contribution is 7.20. The van der Waals surface area contributed by atoms with E-state index >= 15 is 0 Å². The smallest absolute Gasteiger partial charge is 0.265 e. The van der Waals surface area contributed by atoms with Crippen molar-refractivity contribution < 1.29 is 9.53 Å². The van der Waals surface area contributed by atoms with Gasteiger partial charge in [-0.3, -0.25) is 4.79 Å². The number of fused-ring (bicyclic) bond motifs is 1. The van der Waals surface area contributed by atoms with Crippen LogP contribution in [0.1, 0.15) is 61.5 Å². The van der Waals surface area contributed by atoms with Crippen LogP contribution in [0.4, 0.5) is 5.69 Å². The minimum Gasteiger partial charge on any atom is -0.492 e. The summed E-state index contributed by atoms with van der Waals surface area (Å²) in [5.41, 5.74) is 1.95. The molecule has 6 heteroatoms. The Labute approximate surface area is 175 Å². The largest absolute Gasteiger partial charge is 0.492 e. The topological polar surface area (TPSA) is 75.0 Å². The average Bonchev–Trinajstić information content (AvgIpc) is 3.09. The molecule has 3 rings (SSSR count). The second kappa shape index (κ2) is 8.22. The van der Waals surface area contributed by atoms with Gasteiger partial charge in [0.15, 0.2) is 0 Å². The van der Waals surface area contributed by atoms with Crippen LogP contribution in [0.15, 0.2) is 36.4 Å². The molecular formula is C23H25N3O2S. The summed E-state index contributed by atoms with van der Waals surface area (Å²) in [4.78, 5) is 18.8. The highest BCUT2D eigenvalue weighted by atomic mass is 32.1. The van der Waals surface area contributed by atoms with Crippen molar-refractivity contribution in [3.05, 3.63) is 52.5 Å². The first kappa shape index (κ1) is 20.8. The molecular weight excluding hydrogens is 382 g/mol. The molecule has 1 aromatic carbocycles. The number of aromatic nitrogens is 1. The number of nitriles is 1. The lowest BCUT2D eigenvalue weighted by molar-refractivity contribution is 0.103. The van der Waals surface area contributed by atoms with Crippen LogP contribution in [0.5, 0.6) is 5.75 Å². The summed E-state index contributed by atoms with van der Waals surface area (Å²) in [6, 6.07) is 13.1. The van der Waals surface area contributed by atoms with E-state index in [1.54, 1.807) is 18.2 Å². The Morgan fingerprint density at radius 2 is 2.00 bits per heavy atom. The van der Waals surface area contributed by atoms with Crippen molar-refractivity contribution in [1.82, 2.24) is 4.98 Å². The number of rotatable bonds is 5. The van der Waals surface area contributed by atoms with E-state index in [1.807, 2.05) is 18.2 Å². The fourth-order valence-electron chi connectivity index (χ4n) is 2.67. The van der Waals surface area contributed by atoms with E-state index in [0.29, 0.717) is 34.4 Å². The molecule has 0 aliphatic rings. The maximum absolute atomic E-state index is 12.7. The van der Waals surface area contributed by atoms with Crippen LogP contribution in [-0.2, 0) is 0 Å². The van der Waals surface area contributed by atoms with Crippen LogP contribution in [0.3, 0.4) is 0 Å². The molecule has 0 saturated carbocycles. The third-order valence-electron chi connectivity index (χ3n) is 4.24. The number of anilines is 1. The lowest BCUT2D eigenvalue weighted by Crippen LogP contribution is -2.17. The molecule has 5 nitrogen and oxygen atoms in total. The maximum atomic E-state index is 12.7. The van der Waals surface area contributed by atoms with Crippen molar-refractivity contribution in [2.24, 2.45) is 5.41 Å². The van der Waals surface area contributed by atoms with E-state index in [1.165, 1.54) is 11.3 Å². The van der Waals surface area contributed by atoms with Crippen LogP contribution >= 0.6 is 11.3 Å². The Kier molecular flexibility index (Phi) is 5.90. The minimum absolute atomic E-state index is 0.00966. The quantitative estimate of drug-likeness (QED) is 0.565. The van der Waals surface area contributed by atoms with Crippen molar-refractivity contribution in [2.45, 2.75) is 40.5 Å². The third-order valence-corrected chi connectivity index (χ3v) is 5.28. The normalized spacial score (nSPS) is 11.5. The van der Waals surface area contributed by atoms with Crippen molar-refractivity contribution >= 4 is 33.1 Å². The number of hydrogen-bond donors (Lipinski definition) is 1. The average molecular weight is 408 g/mol. The van der Waals surface area contributed by atoms with Gasteiger partial charge in [-0.25, -0.2) is 4.98 Å². The van der Waals surface area contributed by atoms with Gasteiger partial charge in [0.05, 0.1) is 17.0 Å². The minimum atomic E-state index is -0.216. The molecule has 0 unspecified atom stereocenters. The van der Waals surface area contributed by atoms with Crippen molar-refractivity contribution in [1.29, 1.82) is 5.26 Å². The van der Waals surface area contributed by atoms with Crippen LogP contribution in [0, 0.1) is 16.7 Å². The zero-order valence-electron chi connectivity index (χ0n) is 17.4. The summed E-state index contributed by atoms with van der Waals surface area (Å²) in [5, 5.41) is 13.3. The number of thiophene rings is 1. The van der Waals surface area contributed by atoms with Gasteiger partial charge in [-0.05, 0) is 41.7 Å². The number of benzene rings is 1. The molecule has 0 saturated heterocycles. The zero-order valence-corrected chi connectivity index (χ0v) is 18.2. The van der Waals surface area contributed by atoms with Gasteiger partial charge >= 0.3 is 0 Å². The number of carbonyl (C=O) groups is 1. The summed E-state index contributed by atoms with van der Waals surface area (Å²) in [7, 11) is 0. The number of nitrogens with one attached hydrogen (secondary N) is 1. The van der Waals surface area contributed by atoms with Gasteiger partial charge in [-0.2, -0.15) is 5.26 Å². The molecule has 0 atom stereocenters. The van der Waals surface area contributed by atoms with Crippen LogP contribution in [0.25, 0.3) is 10.2 Å². The van der Waals surface area contributed by atoms with Gasteiger partial charge in [0.25, 0.3) is 5.91 Å². The Hall–Kier alpha value is -2.91. The molecule has 2 heterocycles.